The van der Waals surface area contributed by atoms with Crippen molar-refractivity contribution >= 4 is 5.69 Å². The minimum absolute atomic E-state index is 0.0774. The summed E-state index contributed by atoms with van der Waals surface area (Å²) >= 11 is 0. The molecule has 0 spiro atoms. The van der Waals surface area contributed by atoms with Crippen LogP contribution in [0.25, 0.3) is 0 Å². The molecule has 1 heterocycles. The SMILES string of the molecule is OC1CCN(c2ccccc2)C1c1ccccc1. The second-order valence-electron chi connectivity index (χ2n) is 4.74. The Morgan fingerprint density at radius 1 is 0.889 bits per heavy atom. The quantitative estimate of drug-likeness (QED) is 0.870. The molecule has 0 aromatic heterocycles. The van der Waals surface area contributed by atoms with Gasteiger partial charge >= 0.3 is 0 Å². The van der Waals surface area contributed by atoms with Crippen LogP contribution in [0.15, 0.2) is 60.7 Å². The summed E-state index contributed by atoms with van der Waals surface area (Å²) in [6.45, 7) is 0.907. The number of rotatable bonds is 2. The molecule has 1 aliphatic heterocycles. The lowest BCUT2D eigenvalue weighted by atomic mass is 10.0. The monoisotopic (exact) mass is 239 g/mol. The zero-order valence-electron chi connectivity index (χ0n) is 10.2. The van der Waals surface area contributed by atoms with Crippen LogP contribution in [-0.2, 0) is 0 Å². The van der Waals surface area contributed by atoms with Gasteiger partial charge in [0.2, 0.25) is 0 Å². The van der Waals surface area contributed by atoms with Gasteiger partial charge in [-0.1, -0.05) is 48.5 Å². The fraction of sp³-hybridized carbons (Fsp3) is 0.250. The summed E-state index contributed by atoms with van der Waals surface area (Å²) in [4.78, 5) is 2.29. The van der Waals surface area contributed by atoms with Gasteiger partial charge in [-0.3, -0.25) is 0 Å². The van der Waals surface area contributed by atoms with Crippen molar-refractivity contribution in [2.45, 2.75) is 18.6 Å². The molecule has 18 heavy (non-hydrogen) atoms. The van der Waals surface area contributed by atoms with E-state index < -0.39 is 0 Å². The van der Waals surface area contributed by atoms with Crippen LogP contribution in [0.1, 0.15) is 18.0 Å². The number of anilines is 1. The summed E-state index contributed by atoms with van der Waals surface area (Å²) in [7, 11) is 0. The van der Waals surface area contributed by atoms with E-state index in [9.17, 15) is 5.11 Å². The van der Waals surface area contributed by atoms with E-state index in [1.54, 1.807) is 0 Å². The van der Waals surface area contributed by atoms with E-state index in [2.05, 4.69) is 29.2 Å². The molecule has 1 saturated heterocycles. The van der Waals surface area contributed by atoms with Gasteiger partial charge < -0.3 is 10.0 Å². The van der Waals surface area contributed by atoms with Gasteiger partial charge in [-0.25, -0.2) is 0 Å². The highest BCUT2D eigenvalue weighted by Gasteiger charge is 2.33. The number of aliphatic hydroxyl groups excluding tert-OH is 1. The molecule has 2 nitrogen and oxygen atoms in total. The average molecular weight is 239 g/mol. The second-order valence-corrected chi connectivity index (χ2v) is 4.74. The van der Waals surface area contributed by atoms with Gasteiger partial charge in [-0.05, 0) is 24.1 Å². The lowest BCUT2D eigenvalue weighted by Crippen LogP contribution is -2.27. The normalized spacial score (nSPS) is 23.3. The summed E-state index contributed by atoms with van der Waals surface area (Å²) < 4.78 is 0. The Bertz CT molecular complexity index is 497. The number of hydrogen-bond acceptors (Lipinski definition) is 2. The predicted octanol–water partition coefficient (Wildman–Crippen LogP) is 3.00. The molecule has 2 aromatic rings. The van der Waals surface area contributed by atoms with Crippen LogP contribution in [0.5, 0.6) is 0 Å². The lowest BCUT2D eigenvalue weighted by molar-refractivity contribution is 0.165. The third-order valence-electron chi connectivity index (χ3n) is 3.59. The van der Waals surface area contributed by atoms with Gasteiger partial charge in [0.15, 0.2) is 0 Å². The second kappa shape index (κ2) is 4.83. The van der Waals surface area contributed by atoms with E-state index in [0.717, 1.165) is 13.0 Å². The number of nitrogens with zero attached hydrogens (tertiary/aromatic N) is 1. The van der Waals surface area contributed by atoms with Gasteiger partial charge in [0.1, 0.15) is 0 Å². The maximum Gasteiger partial charge on any atom is 0.0802 e. The predicted molar refractivity (Wildman–Crippen MR) is 73.6 cm³/mol. The molecular formula is C16H17NO. The topological polar surface area (TPSA) is 23.5 Å². The first-order valence-electron chi connectivity index (χ1n) is 6.41. The first-order valence-corrected chi connectivity index (χ1v) is 6.41. The Kier molecular flexibility index (Phi) is 3.03. The number of benzene rings is 2. The van der Waals surface area contributed by atoms with Crippen molar-refractivity contribution in [1.82, 2.24) is 0 Å². The molecule has 2 unspecified atom stereocenters. The maximum atomic E-state index is 10.2. The van der Waals surface area contributed by atoms with E-state index in [1.165, 1.54) is 11.3 Å². The fourth-order valence-corrected chi connectivity index (χ4v) is 2.74. The summed E-state index contributed by atoms with van der Waals surface area (Å²) in [5, 5.41) is 10.2. The zero-order chi connectivity index (χ0) is 12.4. The molecule has 3 rings (SSSR count). The van der Waals surface area contributed by atoms with Crippen LogP contribution >= 0.6 is 0 Å². The molecular weight excluding hydrogens is 222 g/mol. The van der Waals surface area contributed by atoms with Crippen molar-refractivity contribution in [1.29, 1.82) is 0 Å². The van der Waals surface area contributed by atoms with Crippen molar-refractivity contribution < 1.29 is 5.11 Å². The molecule has 1 aliphatic rings. The number of aliphatic hydroxyl groups is 1. The van der Waals surface area contributed by atoms with Crippen LogP contribution in [0.3, 0.4) is 0 Å². The minimum atomic E-state index is -0.285. The first kappa shape index (κ1) is 11.3. The third kappa shape index (κ3) is 2.00. The smallest absolute Gasteiger partial charge is 0.0802 e. The van der Waals surface area contributed by atoms with Gasteiger partial charge in [-0.15, -0.1) is 0 Å². The fourth-order valence-electron chi connectivity index (χ4n) is 2.74. The molecule has 92 valence electrons. The Balaban J connectivity index is 1.96. The lowest BCUT2D eigenvalue weighted by Gasteiger charge is -2.28. The third-order valence-corrected chi connectivity index (χ3v) is 3.59. The van der Waals surface area contributed by atoms with Crippen LogP contribution in [0.4, 0.5) is 5.69 Å². The minimum Gasteiger partial charge on any atom is -0.391 e. The molecule has 2 atom stereocenters. The number of para-hydroxylation sites is 1. The van der Waals surface area contributed by atoms with Gasteiger partial charge in [-0.2, -0.15) is 0 Å². The molecule has 0 amide bonds. The molecule has 0 radical (unpaired) electrons. The van der Waals surface area contributed by atoms with E-state index in [4.69, 9.17) is 0 Å². The molecule has 2 heteroatoms. The largest absolute Gasteiger partial charge is 0.391 e. The highest BCUT2D eigenvalue weighted by Crippen LogP contribution is 2.35. The molecule has 0 aliphatic carbocycles. The Morgan fingerprint density at radius 3 is 2.17 bits per heavy atom. The van der Waals surface area contributed by atoms with Gasteiger partial charge in [0.05, 0.1) is 12.1 Å². The van der Waals surface area contributed by atoms with Crippen molar-refractivity contribution in [2.24, 2.45) is 0 Å². The van der Waals surface area contributed by atoms with Crippen molar-refractivity contribution in [3.05, 3.63) is 66.2 Å². The zero-order valence-corrected chi connectivity index (χ0v) is 10.2. The number of hydrogen-bond donors (Lipinski definition) is 1. The van der Waals surface area contributed by atoms with Crippen molar-refractivity contribution in [3.63, 3.8) is 0 Å². The molecule has 1 fully saturated rings. The van der Waals surface area contributed by atoms with E-state index >= 15 is 0 Å². The summed E-state index contributed by atoms with van der Waals surface area (Å²) in [5.41, 5.74) is 2.37. The maximum absolute atomic E-state index is 10.2. The molecule has 1 N–H and O–H groups in total. The van der Waals surface area contributed by atoms with Gasteiger partial charge in [0, 0.05) is 12.2 Å². The Morgan fingerprint density at radius 2 is 1.50 bits per heavy atom. The van der Waals surface area contributed by atoms with Crippen molar-refractivity contribution in [3.8, 4) is 0 Å². The van der Waals surface area contributed by atoms with Crippen LogP contribution in [-0.4, -0.2) is 17.8 Å². The van der Waals surface area contributed by atoms with Crippen molar-refractivity contribution in [2.75, 3.05) is 11.4 Å². The van der Waals surface area contributed by atoms with Gasteiger partial charge in [0.25, 0.3) is 0 Å². The van der Waals surface area contributed by atoms with E-state index in [1.807, 2.05) is 36.4 Å². The average Bonchev–Trinajstić information content (AvgIpc) is 2.83. The van der Waals surface area contributed by atoms with Crippen LogP contribution in [0.2, 0.25) is 0 Å². The summed E-state index contributed by atoms with van der Waals surface area (Å²) in [6.07, 6.45) is 0.543. The molecule has 2 aromatic carbocycles. The summed E-state index contributed by atoms with van der Waals surface area (Å²) in [6, 6.07) is 20.7. The Hall–Kier alpha value is -1.80. The first-order chi connectivity index (χ1) is 8.86. The van der Waals surface area contributed by atoms with Crippen LogP contribution < -0.4 is 4.90 Å². The standard InChI is InChI=1S/C16H17NO/c18-15-11-12-17(14-9-5-2-6-10-14)16(15)13-7-3-1-4-8-13/h1-10,15-16,18H,11-12H2. The highest BCUT2D eigenvalue weighted by molar-refractivity contribution is 5.50. The van der Waals surface area contributed by atoms with E-state index in [-0.39, 0.29) is 12.1 Å². The van der Waals surface area contributed by atoms with Crippen LogP contribution in [0, 0.1) is 0 Å². The van der Waals surface area contributed by atoms with E-state index in [0.29, 0.717) is 0 Å². The Labute approximate surface area is 107 Å². The molecule has 0 saturated carbocycles. The molecule has 0 bridgehead atoms. The highest BCUT2D eigenvalue weighted by atomic mass is 16.3. The summed E-state index contributed by atoms with van der Waals surface area (Å²) in [5.74, 6) is 0.